The Morgan fingerprint density at radius 2 is 2.05 bits per heavy atom. The fourth-order valence-corrected chi connectivity index (χ4v) is 1.83. The molecule has 0 aliphatic heterocycles. The Bertz CT molecular complexity index is 457. The van der Waals surface area contributed by atoms with Crippen molar-refractivity contribution < 1.29 is 4.79 Å². The summed E-state index contributed by atoms with van der Waals surface area (Å²) in [7, 11) is 0. The van der Waals surface area contributed by atoms with Crippen LogP contribution in [0.1, 0.15) is 49.5 Å². The normalized spacial score (nSPS) is 9.86. The Hall–Kier alpha value is -1.83. The number of aryl methyl sites for hydroxylation is 1. The summed E-state index contributed by atoms with van der Waals surface area (Å²) in [5, 5.41) is 10.5. The minimum atomic E-state index is -0.266. The molecular weight excluding hydrogens is 306 g/mol. The third kappa shape index (κ3) is 8.46. The second-order valence-electron chi connectivity index (χ2n) is 4.84. The van der Waals surface area contributed by atoms with Gasteiger partial charge in [0.1, 0.15) is 0 Å². The Morgan fingerprint density at radius 1 is 1.32 bits per heavy atom. The highest BCUT2D eigenvalue weighted by Crippen LogP contribution is 2.04. The van der Waals surface area contributed by atoms with Gasteiger partial charge in [0.05, 0.1) is 12.7 Å². The van der Waals surface area contributed by atoms with Crippen LogP contribution in [0, 0.1) is 0 Å². The van der Waals surface area contributed by atoms with Gasteiger partial charge in [-0.2, -0.15) is 0 Å². The molecule has 0 bridgehead atoms. The molecule has 1 heterocycles. The number of nitrogens with two attached hydrogens (primary N) is 2. The largest absolute Gasteiger partial charge is 0.370 e. The lowest BCUT2D eigenvalue weighted by molar-refractivity contribution is 0.0949. The van der Waals surface area contributed by atoms with Crippen molar-refractivity contribution in [1.29, 1.82) is 0 Å². The van der Waals surface area contributed by atoms with Crippen LogP contribution in [0.4, 0.5) is 0 Å². The lowest BCUT2D eigenvalue weighted by Gasteiger charge is -2.00. The van der Waals surface area contributed by atoms with Crippen molar-refractivity contribution in [3.63, 3.8) is 0 Å². The second kappa shape index (κ2) is 11.8. The van der Waals surface area contributed by atoms with Crippen LogP contribution in [-0.2, 0) is 6.54 Å². The molecule has 0 fully saturated rings. The molecule has 0 aliphatic rings. The number of amides is 1. The summed E-state index contributed by atoms with van der Waals surface area (Å²) >= 11 is 0. The van der Waals surface area contributed by atoms with Gasteiger partial charge in [-0.05, 0) is 6.42 Å². The quantitative estimate of drug-likeness (QED) is 0.330. The van der Waals surface area contributed by atoms with E-state index in [1.54, 1.807) is 10.9 Å². The number of nitrogens with one attached hydrogen (secondary N) is 1. The molecule has 0 saturated heterocycles. The van der Waals surface area contributed by atoms with Crippen molar-refractivity contribution in [2.24, 2.45) is 16.5 Å². The number of hydrogen-bond acceptors (Lipinski definition) is 4. The van der Waals surface area contributed by atoms with E-state index in [0.717, 1.165) is 13.0 Å². The van der Waals surface area contributed by atoms with Crippen molar-refractivity contribution in [3.05, 3.63) is 11.9 Å². The number of unbranched alkanes of at least 4 members (excludes halogenated alkanes) is 4. The van der Waals surface area contributed by atoms with Gasteiger partial charge in [-0.25, -0.2) is 0 Å². The summed E-state index contributed by atoms with van der Waals surface area (Å²) in [4.78, 5) is 15.6. The van der Waals surface area contributed by atoms with Crippen molar-refractivity contribution >= 4 is 24.3 Å². The van der Waals surface area contributed by atoms with Gasteiger partial charge >= 0.3 is 0 Å². The highest BCUT2D eigenvalue weighted by atomic mass is 35.5. The van der Waals surface area contributed by atoms with Gasteiger partial charge in [0.15, 0.2) is 11.7 Å². The van der Waals surface area contributed by atoms with Gasteiger partial charge in [0.25, 0.3) is 5.91 Å². The molecule has 1 rings (SSSR count). The van der Waals surface area contributed by atoms with Crippen LogP contribution in [0.5, 0.6) is 0 Å². The molecule has 0 aliphatic carbocycles. The summed E-state index contributed by atoms with van der Waals surface area (Å²) in [5.74, 6) is -0.253. The molecule has 126 valence electrons. The number of carbonyl (C=O) groups is 1. The van der Waals surface area contributed by atoms with Crippen LogP contribution >= 0.6 is 12.4 Å². The molecule has 9 heteroatoms. The predicted molar refractivity (Wildman–Crippen MR) is 89.0 cm³/mol. The highest BCUT2D eigenvalue weighted by Gasteiger charge is 2.09. The zero-order chi connectivity index (χ0) is 15.5. The summed E-state index contributed by atoms with van der Waals surface area (Å²) in [6.07, 6.45) is 7.62. The van der Waals surface area contributed by atoms with Crippen LogP contribution in [0.15, 0.2) is 11.2 Å². The average molecular weight is 332 g/mol. The molecular formula is C13H26ClN7O. The van der Waals surface area contributed by atoms with Gasteiger partial charge in [-0.3, -0.25) is 14.5 Å². The number of nitrogens with zero attached hydrogens (tertiary/aromatic N) is 4. The maximum Gasteiger partial charge on any atom is 0.273 e. The highest BCUT2D eigenvalue weighted by molar-refractivity contribution is 5.91. The van der Waals surface area contributed by atoms with Crippen molar-refractivity contribution in [1.82, 2.24) is 20.3 Å². The lowest BCUT2D eigenvalue weighted by atomic mass is 10.1. The Balaban J connectivity index is 0.00000441. The molecule has 0 aromatic carbocycles. The monoisotopic (exact) mass is 331 g/mol. The molecule has 0 unspecified atom stereocenters. The molecule has 0 atom stereocenters. The predicted octanol–water partition coefficient (Wildman–Crippen LogP) is 0.674. The van der Waals surface area contributed by atoms with Gasteiger partial charge in [0.2, 0.25) is 0 Å². The molecule has 0 spiro atoms. The summed E-state index contributed by atoms with van der Waals surface area (Å²) in [5.41, 5.74) is 10.7. The van der Waals surface area contributed by atoms with Crippen LogP contribution < -0.4 is 16.8 Å². The zero-order valence-electron chi connectivity index (χ0n) is 13.0. The third-order valence-corrected chi connectivity index (χ3v) is 2.95. The standard InChI is InChI=1S/C13H25N7O.ClH/c1-2-3-4-5-6-9-20-10-11(18-19-20)12(21)16-7-8-17-13(14)15;/h10H,2-9H2,1H3,(H,16,21)(H4,14,15,17);1H. The third-order valence-electron chi connectivity index (χ3n) is 2.95. The zero-order valence-corrected chi connectivity index (χ0v) is 13.8. The van der Waals surface area contributed by atoms with Gasteiger partial charge < -0.3 is 16.8 Å². The molecule has 22 heavy (non-hydrogen) atoms. The molecule has 1 amide bonds. The molecule has 0 saturated carbocycles. The van der Waals surface area contributed by atoms with E-state index in [0.29, 0.717) is 18.8 Å². The maximum absolute atomic E-state index is 11.8. The van der Waals surface area contributed by atoms with E-state index < -0.39 is 0 Å². The topological polar surface area (TPSA) is 124 Å². The summed E-state index contributed by atoms with van der Waals surface area (Å²) in [6, 6.07) is 0. The molecule has 5 N–H and O–H groups in total. The summed E-state index contributed by atoms with van der Waals surface area (Å²) in [6.45, 7) is 3.69. The van der Waals surface area contributed by atoms with E-state index in [4.69, 9.17) is 11.5 Å². The minimum absolute atomic E-state index is 0. The Kier molecular flexibility index (Phi) is 10.8. The van der Waals surface area contributed by atoms with Crippen molar-refractivity contribution in [2.75, 3.05) is 13.1 Å². The summed E-state index contributed by atoms with van der Waals surface area (Å²) < 4.78 is 1.71. The van der Waals surface area contributed by atoms with E-state index in [1.807, 2.05) is 0 Å². The number of aliphatic imine (C=N–C) groups is 1. The van der Waals surface area contributed by atoms with Gasteiger partial charge in [-0.15, -0.1) is 17.5 Å². The molecule has 0 radical (unpaired) electrons. The smallest absolute Gasteiger partial charge is 0.273 e. The fraction of sp³-hybridized carbons (Fsp3) is 0.692. The van der Waals surface area contributed by atoms with E-state index >= 15 is 0 Å². The van der Waals surface area contributed by atoms with Crippen LogP contribution in [0.25, 0.3) is 0 Å². The number of guanidine groups is 1. The maximum atomic E-state index is 11.8. The second-order valence-corrected chi connectivity index (χ2v) is 4.84. The first-order valence-electron chi connectivity index (χ1n) is 7.37. The van der Waals surface area contributed by atoms with E-state index in [9.17, 15) is 4.79 Å². The van der Waals surface area contributed by atoms with E-state index in [-0.39, 0.29) is 24.3 Å². The first-order chi connectivity index (χ1) is 10.1. The number of hydrogen-bond donors (Lipinski definition) is 3. The van der Waals surface area contributed by atoms with E-state index in [2.05, 4.69) is 27.5 Å². The minimum Gasteiger partial charge on any atom is -0.370 e. The van der Waals surface area contributed by atoms with Crippen LogP contribution in [-0.4, -0.2) is 40.0 Å². The van der Waals surface area contributed by atoms with Crippen molar-refractivity contribution in [3.8, 4) is 0 Å². The Labute approximate surface area is 137 Å². The fourth-order valence-electron chi connectivity index (χ4n) is 1.83. The van der Waals surface area contributed by atoms with Crippen LogP contribution in [0.3, 0.4) is 0 Å². The number of aromatic nitrogens is 3. The van der Waals surface area contributed by atoms with E-state index in [1.165, 1.54) is 25.7 Å². The molecule has 1 aromatic rings. The first-order valence-corrected chi connectivity index (χ1v) is 7.37. The SMILES string of the molecule is CCCCCCCn1cc(C(=O)NCCN=C(N)N)nn1.Cl. The Morgan fingerprint density at radius 3 is 2.73 bits per heavy atom. The molecule has 8 nitrogen and oxygen atoms in total. The van der Waals surface area contributed by atoms with Crippen molar-refractivity contribution in [2.45, 2.75) is 45.6 Å². The number of rotatable bonds is 10. The van der Waals surface area contributed by atoms with Crippen LogP contribution in [0.2, 0.25) is 0 Å². The van der Waals surface area contributed by atoms with Gasteiger partial charge in [0, 0.05) is 13.1 Å². The number of carbonyl (C=O) groups excluding carboxylic acids is 1. The van der Waals surface area contributed by atoms with Gasteiger partial charge in [-0.1, -0.05) is 37.8 Å². The lowest BCUT2D eigenvalue weighted by Crippen LogP contribution is -2.29. The average Bonchev–Trinajstić information content (AvgIpc) is 2.92. The first kappa shape index (κ1) is 20.2. The number of halogens is 1. The molecule has 1 aromatic heterocycles.